The number of aromatic nitrogens is 1. The van der Waals surface area contributed by atoms with Gasteiger partial charge in [0.2, 0.25) is 0 Å². The quantitative estimate of drug-likeness (QED) is 0.500. The predicted molar refractivity (Wildman–Crippen MR) is 80.9 cm³/mol. The molecule has 22 heavy (non-hydrogen) atoms. The summed E-state index contributed by atoms with van der Waals surface area (Å²) in [6.07, 6.45) is 2.33. The number of hydrogen-bond donors (Lipinski definition) is 1. The molecule has 0 radical (unpaired) electrons. The molecule has 7 nitrogen and oxygen atoms in total. The van der Waals surface area contributed by atoms with Gasteiger partial charge >= 0.3 is 5.97 Å². The lowest BCUT2D eigenvalue weighted by Gasteiger charge is -2.08. The Balaban J connectivity index is 2.09. The molecule has 1 heterocycles. The molecule has 0 fully saturated rings. The molecule has 0 atom stereocenters. The van der Waals surface area contributed by atoms with Crippen LogP contribution in [0.4, 0.5) is 11.4 Å². The Kier molecular flexibility index (Phi) is 5.02. The summed E-state index contributed by atoms with van der Waals surface area (Å²) in [6.45, 7) is 0.495. The molecule has 0 unspecified atom stereocenters. The summed E-state index contributed by atoms with van der Waals surface area (Å²) in [5.41, 5.74) is 1.23. The Morgan fingerprint density at radius 2 is 2.18 bits per heavy atom. The maximum atomic E-state index is 11.4. The molecule has 0 aliphatic heterocycles. The van der Waals surface area contributed by atoms with Gasteiger partial charge in [-0.3, -0.25) is 15.1 Å². The lowest BCUT2D eigenvalue weighted by molar-refractivity contribution is -0.384. The van der Waals surface area contributed by atoms with Crippen molar-refractivity contribution in [3.63, 3.8) is 0 Å². The van der Waals surface area contributed by atoms with E-state index in [4.69, 9.17) is 0 Å². The molecular formula is C15H15N3O4. The molecule has 2 aromatic rings. The highest BCUT2D eigenvalue weighted by atomic mass is 16.6. The van der Waals surface area contributed by atoms with E-state index < -0.39 is 10.9 Å². The van der Waals surface area contributed by atoms with Crippen molar-refractivity contribution < 1.29 is 14.5 Å². The number of hydrogen-bond acceptors (Lipinski definition) is 6. The lowest BCUT2D eigenvalue weighted by Crippen LogP contribution is -2.09. The molecule has 0 spiro atoms. The van der Waals surface area contributed by atoms with Crippen molar-refractivity contribution in [2.45, 2.75) is 6.42 Å². The first-order valence-corrected chi connectivity index (χ1v) is 6.62. The summed E-state index contributed by atoms with van der Waals surface area (Å²) >= 11 is 0. The van der Waals surface area contributed by atoms with E-state index in [9.17, 15) is 14.9 Å². The van der Waals surface area contributed by atoms with Gasteiger partial charge in [-0.2, -0.15) is 0 Å². The standard InChI is InChI=1S/C15H15N3O4/c1-22-15(19)11-5-6-13(14(10-11)18(20)21)17-9-7-12-4-2-3-8-16-12/h2-6,8,10,17H,7,9H2,1H3. The number of nitro benzene ring substituents is 1. The van der Waals surface area contributed by atoms with Crippen LogP contribution >= 0.6 is 0 Å². The van der Waals surface area contributed by atoms with E-state index in [1.54, 1.807) is 6.20 Å². The SMILES string of the molecule is COC(=O)c1ccc(NCCc2ccccn2)c([N+](=O)[O-])c1. The largest absolute Gasteiger partial charge is 0.465 e. The Hall–Kier alpha value is -2.96. The zero-order valence-corrected chi connectivity index (χ0v) is 12.0. The summed E-state index contributed by atoms with van der Waals surface area (Å²) in [6, 6.07) is 9.79. The summed E-state index contributed by atoms with van der Waals surface area (Å²) in [4.78, 5) is 26.2. The number of nitrogens with zero attached hydrogens (tertiary/aromatic N) is 2. The predicted octanol–water partition coefficient (Wildman–Crippen LogP) is 2.43. The third kappa shape index (κ3) is 3.78. The van der Waals surface area contributed by atoms with Gasteiger partial charge < -0.3 is 10.1 Å². The number of nitro groups is 1. The van der Waals surface area contributed by atoms with E-state index in [1.807, 2.05) is 18.2 Å². The number of ether oxygens (including phenoxy) is 1. The number of pyridine rings is 1. The van der Waals surface area contributed by atoms with Crippen LogP contribution in [0.1, 0.15) is 16.1 Å². The van der Waals surface area contributed by atoms with Crippen molar-refractivity contribution >= 4 is 17.3 Å². The van der Waals surface area contributed by atoms with E-state index in [2.05, 4.69) is 15.0 Å². The lowest BCUT2D eigenvalue weighted by atomic mass is 10.1. The van der Waals surface area contributed by atoms with E-state index >= 15 is 0 Å². The first-order chi connectivity index (χ1) is 10.6. The van der Waals surface area contributed by atoms with Gasteiger partial charge in [-0.05, 0) is 24.3 Å². The maximum Gasteiger partial charge on any atom is 0.338 e. The average molecular weight is 301 g/mol. The summed E-state index contributed by atoms with van der Waals surface area (Å²) < 4.78 is 4.56. The number of methoxy groups -OCH3 is 1. The van der Waals surface area contributed by atoms with Gasteiger partial charge in [0.15, 0.2) is 0 Å². The van der Waals surface area contributed by atoms with Crippen LogP contribution in [-0.4, -0.2) is 29.5 Å². The van der Waals surface area contributed by atoms with E-state index in [0.717, 1.165) is 5.69 Å². The molecule has 1 aromatic carbocycles. The highest BCUT2D eigenvalue weighted by Gasteiger charge is 2.17. The van der Waals surface area contributed by atoms with E-state index in [0.29, 0.717) is 18.7 Å². The highest BCUT2D eigenvalue weighted by molar-refractivity contribution is 5.91. The molecule has 0 aliphatic rings. The van der Waals surface area contributed by atoms with Crippen LogP contribution in [0, 0.1) is 10.1 Å². The Morgan fingerprint density at radius 3 is 2.82 bits per heavy atom. The van der Waals surface area contributed by atoms with E-state index in [1.165, 1.54) is 25.3 Å². The number of nitrogens with one attached hydrogen (secondary N) is 1. The molecule has 0 saturated carbocycles. The van der Waals surface area contributed by atoms with Crippen LogP contribution in [0.5, 0.6) is 0 Å². The zero-order valence-electron chi connectivity index (χ0n) is 12.0. The smallest absolute Gasteiger partial charge is 0.338 e. The number of carbonyl (C=O) groups excluding carboxylic acids is 1. The molecule has 0 saturated heterocycles. The minimum absolute atomic E-state index is 0.143. The van der Waals surface area contributed by atoms with Crippen molar-refractivity contribution in [3.05, 3.63) is 64.0 Å². The zero-order chi connectivity index (χ0) is 15.9. The van der Waals surface area contributed by atoms with Crippen LogP contribution < -0.4 is 5.32 Å². The van der Waals surface area contributed by atoms with Gasteiger partial charge in [0, 0.05) is 30.9 Å². The third-order valence-electron chi connectivity index (χ3n) is 3.04. The third-order valence-corrected chi connectivity index (χ3v) is 3.04. The Morgan fingerprint density at radius 1 is 1.36 bits per heavy atom. The van der Waals surface area contributed by atoms with Crippen LogP contribution in [0.3, 0.4) is 0 Å². The van der Waals surface area contributed by atoms with Gasteiger partial charge in [0.05, 0.1) is 17.6 Å². The number of anilines is 1. The fraction of sp³-hybridized carbons (Fsp3) is 0.200. The molecular weight excluding hydrogens is 286 g/mol. The Bertz CT molecular complexity index is 674. The van der Waals surface area contributed by atoms with Gasteiger partial charge in [-0.1, -0.05) is 6.07 Å². The molecule has 0 amide bonds. The first kappa shape index (κ1) is 15.4. The number of carbonyl (C=O) groups is 1. The van der Waals surface area contributed by atoms with Crippen molar-refractivity contribution in [2.24, 2.45) is 0 Å². The minimum atomic E-state index is -0.608. The molecule has 114 valence electrons. The van der Waals surface area contributed by atoms with Crippen molar-refractivity contribution in [1.82, 2.24) is 4.98 Å². The van der Waals surface area contributed by atoms with Gasteiger partial charge in [0.25, 0.3) is 5.69 Å². The summed E-state index contributed by atoms with van der Waals surface area (Å²) in [5.74, 6) is -0.608. The maximum absolute atomic E-state index is 11.4. The van der Waals surface area contributed by atoms with Crippen molar-refractivity contribution in [1.29, 1.82) is 0 Å². The molecule has 0 bridgehead atoms. The fourth-order valence-corrected chi connectivity index (χ4v) is 1.95. The molecule has 0 aliphatic carbocycles. The number of esters is 1. The minimum Gasteiger partial charge on any atom is -0.465 e. The topological polar surface area (TPSA) is 94.4 Å². The normalized spacial score (nSPS) is 10.0. The summed E-state index contributed by atoms with van der Waals surface area (Å²) in [7, 11) is 1.23. The molecule has 1 aromatic heterocycles. The Labute approximate surface area is 127 Å². The van der Waals surface area contributed by atoms with Crippen LogP contribution in [-0.2, 0) is 11.2 Å². The molecule has 1 N–H and O–H groups in total. The summed E-state index contributed by atoms with van der Waals surface area (Å²) in [5, 5.41) is 14.1. The van der Waals surface area contributed by atoms with Crippen LogP contribution in [0.25, 0.3) is 0 Å². The average Bonchev–Trinajstić information content (AvgIpc) is 2.55. The molecule has 7 heteroatoms. The highest BCUT2D eigenvalue weighted by Crippen LogP contribution is 2.25. The fourth-order valence-electron chi connectivity index (χ4n) is 1.95. The van der Waals surface area contributed by atoms with Crippen molar-refractivity contribution in [3.8, 4) is 0 Å². The van der Waals surface area contributed by atoms with Crippen molar-refractivity contribution in [2.75, 3.05) is 19.0 Å². The van der Waals surface area contributed by atoms with Gasteiger partial charge in [0.1, 0.15) is 5.69 Å². The monoisotopic (exact) mass is 301 g/mol. The second-order valence-corrected chi connectivity index (χ2v) is 4.48. The second kappa shape index (κ2) is 7.16. The van der Waals surface area contributed by atoms with Gasteiger partial charge in [-0.15, -0.1) is 0 Å². The van der Waals surface area contributed by atoms with Crippen LogP contribution in [0.2, 0.25) is 0 Å². The number of benzene rings is 1. The number of rotatable bonds is 6. The van der Waals surface area contributed by atoms with Crippen LogP contribution in [0.15, 0.2) is 42.6 Å². The second-order valence-electron chi connectivity index (χ2n) is 4.48. The first-order valence-electron chi connectivity index (χ1n) is 6.62. The molecule has 2 rings (SSSR count). The van der Waals surface area contributed by atoms with E-state index in [-0.39, 0.29) is 11.3 Å². The van der Waals surface area contributed by atoms with Gasteiger partial charge in [-0.25, -0.2) is 4.79 Å².